The van der Waals surface area contributed by atoms with Gasteiger partial charge in [0, 0.05) is 24.9 Å². The molecule has 1 atom stereocenters. The van der Waals surface area contributed by atoms with Crippen LogP contribution in [0.25, 0.3) is 0 Å². The van der Waals surface area contributed by atoms with Crippen LogP contribution in [0.2, 0.25) is 0 Å². The molecule has 2 aromatic carbocycles. The molecule has 0 radical (unpaired) electrons. The summed E-state index contributed by atoms with van der Waals surface area (Å²) in [5.74, 6) is -1.34. The van der Waals surface area contributed by atoms with Gasteiger partial charge in [-0.05, 0) is 31.9 Å². The van der Waals surface area contributed by atoms with Crippen molar-refractivity contribution in [3.05, 3.63) is 71.8 Å². The zero-order chi connectivity index (χ0) is 23.6. The highest BCUT2D eigenvalue weighted by Gasteiger charge is 2.52. The van der Waals surface area contributed by atoms with Crippen molar-refractivity contribution in [2.75, 3.05) is 6.61 Å². The van der Waals surface area contributed by atoms with Crippen molar-refractivity contribution in [2.45, 2.75) is 51.2 Å². The molecule has 1 unspecified atom stereocenters. The summed E-state index contributed by atoms with van der Waals surface area (Å²) in [6.45, 7) is 6.19. The molecule has 2 aliphatic heterocycles. The van der Waals surface area contributed by atoms with Crippen molar-refractivity contribution in [3.8, 4) is 0 Å². The van der Waals surface area contributed by atoms with Crippen LogP contribution in [0.15, 0.2) is 65.8 Å². The Morgan fingerprint density at radius 1 is 1.03 bits per heavy atom. The summed E-state index contributed by atoms with van der Waals surface area (Å²) < 4.78 is 5.31. The molecule has 1 N–H and O–H groups in total. The third-order valence-electron chi connectivity index (χ3n) is 6.08. The lowest BCUT2D eigenvalue weighted by atomic mass is 9.86. The number of nitrogens with one attached hydrogen (secondary N) is 1. The summed E-state index contributed by atoms with van der Waals surface area (Å²) in [6, 6.07) is 18.7. The number of hydrazine groups is 1. The molecular formula is C25H28N4O4. The lowest BCUT2D eigenvalue weighted by Crippen LogP contribution is -2.52. The van der Waals surface area contributed by atoms with Gasteiger partial charge in [-0.15, -0.1) is 0 Å². The standard InChI is InChI=1S/C25H28N4O4/c1-4-33-23(32)25(19-13-9-6-10-14-19)15-20(26-27-25)22(31)29-21(30)16-24(2,3)28(29)17-18-11-7-5-8-12-18/h5-14,27H,4,15-17H2,1-3H3. The molecule has 2 amide bonds. The van der Waals surface area contributed by atoms with Gasteiger partial charge < -0.3 is 4.74 Å². The van der Waals surface area contributed by atoms with E-state index in [4.69, 9.17) is 4.74 Å². The quantitative estimate of drug-likeness (QED) is 0.540. The Hall–Kier alpha value is -3.52. The van der Waals surface area contributed by atoms with Gasteiger partial charge in [0.05, 0.1) is 6.61 Å². The molecule has 0 aliphatic carbocycles. The van der Waals surface area contributed by atoms with Crippen molar-refractivity contribution in [1.82, 2.24) is 15.4 Å². The Balaban J connectivity index is 1.63. The predicted molar refractivity (Wildman–Crippen MR) is 122 cm³/mol. The maximum atomic E-state index is 13.6. The fourth-order valence-corrected chi connectivity index (χ4v) is 4.32. The summed E-state index contributed by atoms with van der Waals surface area (Å²) >= 11 is 0. The Morgan fingerprint density at radius 3 is 2.30 bits per heavy atom. The minimum atomic E-state index is -1.31. The second-order valence-corrected chi connectivity index (χ2v) is 8.88. The third kappa shape index (κ3) is 4.14. The Kier molecular flexibility index (Phi) is 6.03. The van der Waals surface area contributed by atoms with Crippen LogP contribution in [0, 0.1) is 0 Å². The lowest BCUT2D eigenvalue weighted by molar-refractivity contribution is -0.155. The van der Waals surface area contributed by atoms with Gasteiger partial charge in [-0.2, -0.15) is 5.10 Å². The minimum Gasteiger partial charge on any atom is -0.464 e. The number of hydrazone groups is 1. The molecule has 8 nitrogen and oxygen atoms in total. The van der Waals surface area contributed by atoms with E-state index >= 15 is 0 Å². The van der Waals surface area contributed by atoms with Gasteiger partial charge in [-0.1, -0.05) is 60.7 Å². The lowest BCUT2D eigenvalue weighted by Gasteiger charge is -2.35. The third-order valence-corrected chi connectivity index (χ3v) is 6.08. The first-order valence-electron chi connectivity index (χ1n) is 11.0. The topological polar surface area (TPSA) is 91.3 Å². The van der Waals surface area contributed by atoms with Crippen molar-refractivity contribution < 1.29 is 19.1 Å². The molecule has 0 spiro atoms. The number of hydrogen-bond donors (Lipinski definition) is 1. The average molecular weight is 449 g/mol. The van der Waals surface area contributed by atoms with E-state index in [1.54, 1.807) is 24.1 Å². The molecule has 8 heteroatoms. The summed E-state index contributed by atoms with van der Waals surface area (Å²) in [5.41, 5.74) is 2.73. The smallest absolute Gasteiger partial charge is 0.338 e. The van der Waals surface area contributed by atoms with Crippen LogP contribution in [0.4, 0.5) is 0 Å². The highest BCUT2D eigenvalue weighted by atomic mass is 16.5. The molecule has 172 valence electrons. The number of benzene rings is 2. The summed E-state index contributed by atoms with van der Waals surface area (Å²) in [7, 11) is 0. The fourth-order valence-electron chi connectivity index (χ4n) is 4.32. The van der Waals surface area contributed by atoms with E-state index in [0.29, 0.717) is 12.1 Å². The van der Waals surface area contributed by atoms with Gasteiger partial charge in [-0.25, -0.2) is 14.8 Å². The number of esters is 1. The molecule has 2 heterocycles. The maximum absolute atomic E-state index is 13.6. The Labute approximate surface area is 193 Å². The molecule has 1 saturated heterocycles. The Morgan fingerprint density at radius 2 is 1.67 bits per heavy atom. The van der Waals surface area contributed by atoms with E-state index in [1.165, 1.54) is 5.01 Å². The first-order chi connectivity index (χ1) is 15.8. The largest absolute Gasteiger partial charge is 0.464 e. The van der Waals surface area contributed by atoms with E-state index in [-0.39, 0.29) is 31.1 Å². The first kappa shape index (κ1) is 22.7. The van der Waals surface area contributed by atoms with E-state index < -0.39 is 23.0 Å². The zero-order valence-corrected chi connectivity index (χ0v) is 19.1. The number of nitrogens with zero attached hydrogens (tertiary/aromatic N) is 3. The van der Waals surface area contributed by atoms with Gasteiger partial charge in [0.15, 0.2) is 5.54 Å². The highest BCUT2D eigenvalue weighted by molar-refractivity contribution is 6.42. The van der Waals surface area contributed by atoms with Gasteiger partial charge in [0.1, 0.15) is 5.71 Å². The second-order valence-electron chi connectivity index (χ2n) is 8.88. The zero-order valence-electron chi connectivity index (χ0n) is 19.1. The average Bonchev–Trinajstić information content (AvgIpc) is 3.35. The summed E-state index contributed by atoms with van der Waals surface area (Å²) in [4.78, 5) is 39.5. The van der Waals surface area contributed by atoms with Gasteiger partial charge >= 0.3 is 5.97 Å². The summed E-state index contributed by atoms with van der Waals surface area (Å²) in [6.07, 6.45) is 0.187. The molecule has 4 rings (SSSR count). The number of amides is 2. The van der Waals surface area contributed by atoms with Crippen LogP contribution in [0.3, 0.4) is 0 Å². The van der Waals surface area contributed by atoms with E-state index in [1.807, 2.05) is 62.4 Å². The monoisotopic (exact) mass is 448 g/mol. The minimum absolute atomic E-state index is 0.0158. The van der Waals surface area contributed by atoms with E-state index in [9.17, 15) is 14.4 Å². The predicted octanol–water partition coefficient (Wildman–Crippen LogP) is 2.75. The molecule has 2 aliphatic rings. The molecule has 0 saturated carbocycles. The molecule has 33 heavy (non-hydrogen) atoms. The van der Waals surface area contributed by atoms with E-state index in [0.717, 1.165) is 5.56 Å². The highest BCUT2D eigenvalue weighted by Crippen LogP contribution is 2.35. The van der Waals surface area contributed by atoms with Crippen molar-refractivity contribution in [1.29, 1.82) is 0 Å². The van der Waals surface area contributed by atoms with Crippen LogP contribution in [-0.4, -0.2) is 45.7 Å². The SMILES string of the molecule is CCOC(=O)C1(c2ccccc2)CC(C(=O)N2C(=O)CC(C)(C)N2Cc2ccccc2)=NN1. The molecule has 2 aromatic rings. The number of ether oxygens (including phenoxy) is 1. The van der Waals surface area contributed by atoms with Gasteiger partial charge in [0.2, 0.25) is 5.91 Å². The fraction of sp³-hybridized carbons (Fsp3) is 0.360. The van der Waals surface area contributed by atoms with Crippen molar-refractivity contribution in [3.63, 3.8) is 0 Å². The van der Waals surface area contributed by atoms with Gasteiger partial charge in [-0.3, -0.25) is 15.0 Å². The second kappa shape index (κ2) is 8.78. The van der Waals surface area contributed by atoms with Crippen LogP contribution in [0.1, 0.15) is 44.7 Å². The number of carbonyl (C=O) groups is 3. The molecule has 1 fully saturated rings. The van der Waals surface area contributed by atoms with Crippen LogP contribution < -0.4 is 5.43 Å². The van der Waals surface area contributed by atoms with Crippen molar-refractivity contribution >= 4 is 23.5 Å². The van der Waals surface area contributed by atoms with Crippen LogP contribution in [-0.2, 0) is 31.2 Å². The molecule has 0 aromatic heterocycles. The molecular weight excluding hydrogens is 420 g/mol. The van der Waals surface area contributed by atoms with Crippen LogP contribution >= 0.6 is 0 Å². The normalized spacial score (nSPS) is 22.1. The number of hydrogen-bond acceptors (Lipinski definition) is 7. The Bertz CT molecular complexity index is 1080. The van der Waals surface area contributed by atoms with Gasteiger partial charge in [0.25, 0.3) is 5.91 Å². The first-order valence-corrected chi connectivity index (χ1v) is 11.0. The van der Waals surface area contributed by atoms with E-state index in [2.05, 4.69) is 10.5 Å². The number of rotatable bonds is 6. The maximum Gasteiger partial charge on any atom is 0.338 e. The number of carbonyl (C=O) groups excluding carboxylic acids is 3. The molecule has 0 bridgehead atoms. The number of imide groups is 1. The van der Waals surface area contributed by atoms with Crippen molar-refractivity contribution in [2.24, 2.45) is 5.10 Å². The van der Waals surface area contributed by atoms with Crippen LogP contribution in [0.5, 0.6) is 0 Å². The summed E-state index contributed by atoms with van der Waals surface area (Å²) in [5, 5.41) is 7.19.